The van der Waals surface area contributed by atoms with Gasteiger partial charge in [-0.2, -0.15) is 0 Å². The van der Waals surface area contributed by atoms with E-state index in [0.29, 0.717) is 0 Å². The lowest BCUT2D eigenvalue weighted by Crippen LogP contribution is -2.14. The lowest BCUT2D eigenvalue weighted by Gasteiger charge is -2.06. The number of methoxy groups -OCH3 is 1. The van der Waals surface area contributed by atoms with Crippen molar-refractivity contribution in [1.82, 2.24) is 0 Å². The van der Waals surface area contributed by atoms with Crippen LogP contribution in [-0.2, 0) is 10.0 Å². The second-order valence-corrected chi connectivity index (χ2v) is 3.97. The van der Waals surface area contributed by atoms with Gasteiger partial charge in [-0.1, -0.05) is 0 Å². The quantitative estimate of drug-likeness (QED) is 0.799. The van der Waals surface area contributed by atoms with Crippen molar-refractivity contribution in [1.29, 1.82) is 0 Å². The number of hydrogen-bond donors (Lipinski definition) is 1. The van der Waals surface area contributed by atoms with Gasteiger partial charge in [-0.15, -0.1) is 0 Å². The van der Waals surface area contributed by atoms with Gasteiger partial charge in [-0.05, 0) is 12.1 Å². The molecule has 0 heterocycles. The molecule has 0 spiro atoms. The van der Waals surface area contributed by atoms with Gasteiger partial charge in [-0.3, -0.25) is 0 Å². The third-order valence-electron chi connectivity index (χ3n) is 1.52. The van der Waals surface area contributed by atoms with Gasteiger partial charge in [0.1, 0.15) is 4.90 Å². The van der Waals surface area contributed by atoms with Crippen LogP contribution in [0.1, 0.15) is 0 Å². The molecule has 0 fully saturated rings. The molecule has 0 radical (unpaired) electrons. The van der Waals surface area contributed by atoms with Crippen molar-refractivity contribution in [3.63, 3.8) is 0 Å². The summed E-state index contributed by atoms with van der Waals surface area (Å²) >= 11 is 0. The van der Waals surface area contributed by atoms with Gasteiger partial charge in [0.2, 0.25) is 10.0 Å². The molecule has 0 aliphatic rings. The fourth-order valence-corrected chi connectivity index (χ4v) is 1.52. The van der Waals surface area contributed by atoms with Gasteiger partial charge in [0.15, 0.2) is 17.4 Å². The average molecular weight is 223 g/mol. The summed E-state index contributed by atoms with van der Waals surface area (Å²) < 4.78 is 52.0. The van der Waals surface area contributed by atoms with E-state index in [1.807, 2.05) is 0 Å². The lowest BCUT2D eigenvalue weighted by atomic mass is 10.3. The van der Waals surface area contributed by atoms with E-state index >= 15 is 0 Å². The van der Waals surface area contributed by atoms with Crippen molar-refractivity contribution in [3.05, 3.63) is 23.8 Å². The highest BCUT2D eigenvalue weighted by atomic mass is 32.2. The molecule has 0 unspecified atom stereocenters. The minimum atomic E-state index is -4.20. The average Bonchev–Trinajstić information content (AvgIpc) is 2.02. The van der Waals surface area contributed by atoms with Crippen LogP contribution in [0.3, 0.4) is 0 Å². The Morgan fingerprint density at radius 1 is 1.36 bits per heavy atom. The molecule has 1 rings (SSSR count). The highest BCUT2D eigenvalue weighted by Gasteiger charge is 2.20. The smallest absolute Gasteiger partial charge is 0.241 e. The molecule has 14 heavy (non-hydrogen) atoms. The van der Waals surface area contributed by atoms with E-state index in [9.17, 15) is 17.2 Å². The van der Waals surface area contributed by atoms with Crippen LogP contribution in [-0.4, -0.2) is 15.5 Å². The van der Waals surface area contributed by atoms with Crippen molar-refractivity contribution >= 4 is 10.0 Å². The van der Waals surface area contributed by atoms with Gasteiger partial charge in [-0.25, -0.2) is 22.3 Å². The number of rotatable bonds is 2. The van der Waals surface area contributed by atoms with Crippen LogP contribution in [0.2, 0.25) is 0 Å². The van der Waals surface area contributed by atoms with E-state index in [4.69, 9.17) is 0 Å². The molecule has 0 aromatic heterocycles. The molecule has 0 saturated carbocycles. The molecule has 0 amide bonds. The summed E-state index contributed by atoms with van der Waals surface area (Å²) in [6.07, 6.45) is 0. The first-order valence-electron chi connectivity index (χ1n) is 3.42. The van der Waals surface area contributed by atoms with Crippen molar-refractivity contribution in [2.45, 2.75) is 4.90 Å². The Morgan fingerprint density at radius 3 is 2.36 bits per heavy atom. The van der Waals surface area contributed by atoms with Gasteiger partial charge < -0.3 is 4.74 Å². The number of nitrogens with two attached hydrogens (primary N) is 1. The molecule has 0 aliphatic carbocycles. The van der Waals surface area contributed by atoms with E-state index in [-0.39, 0.29) is 0 Å². The summed E-state index contributed by atoms with van der Waals surface area (Å²) in [4.78, 5) is -0.796. The molecule has 0 atom stereocenters. The van der Waals surface area contributed by atoms with Crippen LogP contribution in [0.4, 0.5) is 8.78 Å². The first kappa shape index (κ1) is 10.9. The Kier molecular flexibility index (Phi) is 2.72. The topological polar surface area (TPSA) is 69.4 Å². The zero-order valence-corrected chi connectivity index (χ0v) is 7.94. The molecule has 1 aromatic carbocycles. The largest absolute Gasteiger partial charge is 0.491 e. The SMILES string of the molecule is COc1c(F)ccc(S(N)(=O)=O)c1F. The normalized spacial score (nSPS) is 11.4. The van der Waals surface area contributed by atoms with Crippen LogP contribution < -0.4 is 9.88 Å². The first-order valence-corrected chi connectivity index (χ1v) is 4.97. The van der Waals surface area contributed by atoms with Gasteiger partial charge in [0.25, 0.3) is 0 Å². The van der Waals surface area contributed by atoms with Crippen molar-refractivity contribution in [3.8, 4) is 5.75 Å². The fourth-order valence-electron chi connectivity index (χ4n) is 0.921. The highest BCUT2D eigenvalue weighted by Crippen LogP contribution is 2.26. The molecule has 1 aromatic rings. The van der Waals surface area contributed by atoms with Crippen molar-refractivity contribution in [2.24, 2.45) is 5.14 Å². The monoisotopic (exact) mass is 223 g/mol. The molecule has 0 aliphatic heterocycles. The minimum absolute atomic E-state index is 0.739. The van der Waals surface area contributed by atoms with E-state index in [2.05, 4.69) is 9.88 Å². The second kappa shape index (κ2) is 3.50. The minimum Gasteiger partial charge on any atom is -0.491 e. The predicted molar refractivity (Wildman–Crippen MR) is 44.3 cm³/mol. The molecule has 78 valence electrons. The number of benzene rings is 1. The van der Waals surface area contributed by atoms with Crippen LogP contribution >= 0.6 is 0 Å². The molecular formula is C7H7F2NO3S. The molecular weight excluding hydrogens is 216 g/mol. The van der Waals surface area contributed by atoms with Crippen molar-refractivity contribution < 1.29 is 21.9 Å². The molecule has 2 N–H and O–H groups in total. The fraction of sp³-hybridized carbons (Fsp3) is 0.143. The van der Waals surface area contributed by atoms with Crippen LogP contribution in [0.25, 0.3) is 0 Å². The van der Waals surface area contributed by atoms with E-state index in [0.717, 1.165) is 19.2 Å². The molecule has 0 saturated heterocycles. The Labute approximate surface area is 79.3 Å². The van der Waals surface area contributed by atoms with Gasteiger partial charge >= 0.3 is 0 Å². The standard InChI is InChI=1S/C7H7F2NO3S/c1-13-7-4(8)2-3-5(6(7)9)14(10,11)12/h2-3H,1H3,(H2,10,11,12). The zero-order valence-electron chi connectivity index (χ0n) is 7.12. The van der Waals surface area contributed by atoms with Gasteiger partial charge in [0, 0.05) is 0 Å². The maximum atomic E-state index is 13.2. The summed E-state index contributed by atoms with van der Waals surface area (Å²) in [6.45, 7) is 0. The lowest BCUT2D eigenvalue weighted by molar-refractivity contribution is 0.354. The Hall–Kier alpha value is -1.21. The van der Waals surface area contributed by atoms with E-state index in [1.54, 1.807) is 0 Å². The first-order chi connectivity index (χ1) is 6.38. The Balaban J connectivity index is 3.52. The number of ether oxygens (including phenoxy) is 1. The van der Waals surface area contributed by atoms with Crippen LogP contribution in [0, 0.1) is 11.6 Å². The molecule has 7 heteroatoms. The number of primary sulfonamides is 1. The maximum Gasteiger partial charge on any atom is 0.241 e. The summed E-state index contributed by atoms with van der Waals surface area (Å²) in [7, 11) is -3.18. The number of sulfonamides is 1. The summed E-state index contributed by atoms with van der Waals surface area (Å²) in [6, 6.07) is 1.50. The van der Waals surface area contributed by atoms with Crippen LogP contribution in [0.15, 0.2) is 17.0 Å². The molecule has 0 bridgehead atoms. The predicted octanol–water partition coefficient (Wildman–Crippen LogP) is 0.621. The van der Waals surface area contributed by atoms with E-state index in [1.165, 1.54) is 0 Å². The highest BCUT2D eigenvalue weighted by molar-refractivity contribution is 7.89. The van der Waals surface area contributed by atoms with Crippen LogP contribution in [0.5, 0.6) is 5.75 Å². The Morgan fingerprint density at radius 2 is 1.93 bits per heavy atom. The number of halogens is 2. The summed E-state index contributed by atoms with van der Waals surface area (Å²) in [5.74, 6) is -3.08. The third kappa shape index (κ3) is 1.83. The summed E-state index contributed by atoms with van der Waals surface area (Å²) in [5, 5.41) is 4.69. The zero-order chi connectivity index (χ0) is 10.9. The van der Waals surface area contributed by atoms with Crippen molar-refractivity contribution in [2.75, 3.05) is 7.11 Å². The number of hydrogen-bond acceptors (Lipinski definition) is 3. The Bertz CT molecular complexity index is 458. The second-order valence-electron chi connectivity index (χ2n) is 2.44. The third-order valence-corrected chi connectivity index (χ3v) is 2.45. The van der Waals surface area contributed by atoms with Gasteiger partial charge in [0.05, 0.1) is 7.11 Å². The van der Waals surface area contributed by atoms with E-state index < -0.39 is 32.3 Å². The maximum absolute atomic E-state index is 13.2. The molecule has 4 nitrogen and oxygen atoms in total. The summed E-state index contributed by atoms with van der Waals surface area (Å²) in [5.41, 5.74) is 0.